The van der Waals surface area contributed by atoms with Crippen LogP contribution in [0.2, 0.25) is 0 Å². The standard InChI is InChI=1S/C36H46FN5O4/c37-29-11-4-5-12-32(29)41-18-20-42(21-19-41)33(43)26-40-17-13-30-28(25-40)10-6-7-14-36(15-22-46-23-16-36)35(45)39-31(34(44)38-30)24-27-8-2-1-3-9-27/h1-9,11-12,28,30-31H,10,13-26H2,(H,38,44)(H,39,45)/b7-6+/t28-,30+,31-/m0/s1. The first-order valence-electron chi connectivity index (χ1n) is 16.8. The van der Waals surface area contributed by atoms with E-state index < -0.39 is 11.5 Å². The van der Waals surface area contributed by atoms with Crippen LogP contribution >= 0.6 is 0 Å². The van der Waals surface area contributed by atoms with E-state index in [1.165, 1.54) is 6.07 Å². The number of para-hydroxylation sites is 1. The number of piperazine rings is 1. The van der Waals surface area contributed by atoms with Crippen molar-refractivity contribution in [1.29, 1.82) is 0 Å². The van der Waals surface area contributed by atoms with Crippen molar-refractivity contribution in [3.8, 4) is 0 Å². The molecule has 3 fully saturated rings. The van der Waals surface area contributed by atoms with Gasteiger partial charge in [-0.2, -0.15) is 0 Å². The number of ether oxygens (including phenoxy) is 1. The molecule has 3 amide bonds. The fourth-order valence-corrected chi connectivity index (χ4v) is 7.40. The highest BCUT2D eigenvalue weighted by atomic mass is 19.1. The number of rotatable bonds is 5. The maximum absolute atomic E-state index is 14.3. The highest BCUT2D eigenvalue weighted by Gasteiger charge is 2.41. The van der Waals surface area contributed by atoms with E-state index in [-0.39, 0.29) is 35.5 Å². The van der Waals surface area contributed by atoms with Crippen LogP contribution in [0, 0.1) is 17.2 Å². The van der Waals surface area contributed by atoms with Gasteiger partial charge in [0.2, 0.25) is 17.7 Å². The topological polar surface area (TPSA) is 94.2 Å². The van der Waals surface area contributed by atoms with Gasteiger partial charge in [-0.3, -0.25) is 19.3 Å². The largest absolute Gasteiger partial charge is 0.381 e. The van der Waals surface area contributed by atoms with Gasteiger partial charge in [0.15, 0.2) is 0 Å². The Balaban J connectivity index is 1.11. The molecule has 4 heterocycles. The van der Waals surface area contributed by atoms with E-state index >= 15 is 0 Å². The van der Waals surface area contributed by atoms with Crippen molar-refractivity contribution < 1.29 is 23.5 Å². The zero-order chi connectivity index (χ0) is 31.9. The van der Waals surface area contributed by atoms with Gasteiger partial charge in [-0.05, 0) is 55.7 Å². The van der Waals surface area contributed by atoms with E-state index in [2.05, 4.69) is 27.7 Å². The number of amides is 3. The SMILES string of the molecule is O=C1N[C@@H]2CCN(CC(=O)N3CCN(c4ccccc4F)CC3)C[C@@H]2C/C=C/CC2(CCOCC2)C(=O)N[C@H]1Cc1ccccc1. The zero-order valence-electron chi connectivity index (χ0n) is 26.5. The summed E-state index contributed by atoms with van der Waals surface area (Å²) in [6, 6.07) is 15.9. The van der Waals surface area contributed by atoms with Crippen LogP contribution in [0.15, 0.2) is 66.7 Å². The normalized spacial score (nSPS) is 26.7. The van der Waals surface area contributed by atoms with Crippen LogP contribution < -0.4 is 15.5 Å². The average molecular weight is 632 g/mol. The summed E-state index contributed by atoms with van der Waals surface area (Å²) in [5.74, 6) is -0.239. The number of hydrogen-bond acceptors (Lipinski definition) is 6. The first-order valence-corrected chi connectivity index (χ1v) is 16.8. The van der Waals surface area contributed by atoms with E-state index in [1.807, 2.05) is 46.2 Å². The third kappa shape index (κ3) is 7.61. The molecule has 46 heavy (non-hydrogen) atoms. The Bertz CT molecular complexity index is 1390. The molecule has 2 aromatic rings. The van der Waals surface area contributed by atoms with E-state index in [4.69, 9.17) is 4.74 Å². The Labute approximate surface area is 271 Å². The maximum Gasteiger partial charge on any atom is 0.243 e. The Hall–Kier alpha value is -3.76. The lowest BCUT2D eigenvalue weighted by Crippen LogP contribution is -2.59. The van der Waals surface area contributed by atoms with Gasteiger partial charge in [-0.25, -0.2) is 4.39 Å². The second-order valence-corrected chi connectivity index (χ2v) is 13.2. The number of allylic oxidation sites excluding steroid dienone is 2. The van der Waals surface area contributed by atoms with Gasteiger partial charge in [0, 0.05) is 64.9 Å². The molecule has 10 heteroatoms. The summed E-state index contributed by atoms with van der Waals surface area (Å²) in [5.41, 5.74) is 0.988. The Morgan fingerprint density at radius 2 is 1.65 bits per heavy atom. The Kier molecular flexibility index (Phi) is 10.3. The fraction of sp³-hybridized carbons (Fsp3) is 0.528. The Morgan fingerprint density at radius 3 is 2.41 bits per heavy atom. The molecular formula is C36H46FN5O4. The molecule has 0 bridgehead atoms. The van der Waals surface area contributed by atoms with E-state index in [9.17, 15) is 18.8 Å². The van der Waals surface area contributed by atoms with Crippen molar-refractivity contribution >= 4 is 23.4 Å². The molecule has 0 aromatic heterocycles. The predicted octanol–water partition coefficient (Wildman–Crippen LogP) is 3.16. The van der Waals surface area contributed by atoms with E-state index in [1.54, 1.807) is 12.1 Å². The molecule has 1 spiro atoms. The smallest absolute Gasteiger partial charge is 0.243 e. The van der Waals surface area contributed by atoms with Crippen LogP contribution in [0.1, 0.15) is 37.7 Å². The Morgan fingerprint density at radius 1 is 0.913 bits per heavy atom. The van der Waals surface area contributed by atoms with E-state index in [0.29, 0.717) is 90.4 Å². The number of halogens is 1. The molecule has 9 nitrogen and oxygen atoms in total. The van der Waals surface area contributed by atoms with Gasteiger partial charge in [0.05, 0.1) is 17.6 Å². The number of likely N-dealkylation sites (tertiary alicyclic amines) is 1. The molecule has 0 saturated carbocycles. The lowest BCUT2D eigenvalue weighted by molar-refractivity contribution is -0.140. The summed E-state index contributed by atoms with van der Waals surface area (Å²) < 4.78 is 19.9. The van der Waals surface area contributed by atoms with Crippen LogP contribution in [0.4, 0.5) is 10.1 Å². The number of hydrogen-bond donors (Lipinski definition) is 2. The minimum absolute atomic E-state index is 0.0561. The molecule has 3 atom stereocenters. The van der Waals surface area contributed by atoms with Crippen LogP contribution in [-0.4, -0.2) is 98.6 Å². The van der Waals surface area contributed by atoms with Crippen molar-refractivity contribution in [2.75, 3.05) is 63.9 Å². The summed E-state index contributed by atoms with van der Waals surface area (Å²) >= 11 is 0. The van der Waals surface area contributed by atoms with Crippen molar-refractivity contribution in [3.63, 3.8) is 0 Å². The second-order valence-electron chi connectivity index (χ2n) is 13.2. The molecule has 0 radical (unpaired) electrons. The van der Waals surface area contributed by atoms with Crippen LogP contribution in [0.5, 0.6) is 0 Å². The van der Waals surface area contributed by atoms with Gasteiger partial charge < -0.3 is 25.2 Å². The molecule has 3 saturated heterocycles. The average Bonchev–Trinajstić information content (AvgIpc) is 3.08. The molecule has 2 N–H and O–H groups in total. The van der Waals surface area contributed by atoms with Gasteiger partial charge in [-0.1, -0.05) is 54.6 Å². The summed E-state index contributed by atoms with van der Waals surface area (Å²) in [6.45, 7) is 5.11. The summed E-state index contributed by atoms with van der Waals surface area (Å²) in [4.78, 5) is 47.1. The first kappa shape index (κ1) is 32.2. The maximum atomic E-state index is 14.3. The molecule has 4 aliphatic rings. The second kappa shape index (κ2) is 14.8. The lowest BCUT2D eigenvalue weighted by atomic mass is 9.75. The first-order chi connectivity index (χ1) is 22.4. The van der Waals surface area contributed by atoms with Gasteiger partial charge in [0.25, 0.3) is 0 Å². The molecule has 0 aliphatic carbocycles. The minimum atomic E-state index is -0.679. The lowest BCUT2D eigenvalue weighted by Gasteiger charge is -2.41. The predicted molar refractivity (Wildman–Crippen MR) is 175 cm³/mol. The van der Waals surface area contributed by atoms with Crippen LogP contribution in [-0.2, 0) is 25.5 Å². The van der Waals surface area contributed by atoms with Gasteiger partial charge in [0.1, 0.15) is 11.9 Å². The minimum Gasteiger partial charge on any atom is -0.381 e. The fourth-order valence-electron chi connectivity index (χ4n) is 7.40. The van der Waals surface area contributed by atoms with Crippen molar-refractivity contribution in [2.45, 2.75) is 50.6 Å². The summed E-state index contributed by atoms with van der Waals surface area (Å²) in [6.07, 6.45) is 8.06. The number of anilines is 1. The zero-order valence-corrected chi connectivity index (χ0v) is 26.5. The van der Waals surface area contributed by atoms with Crippen molar-refractivity contribution in [2.24, 2.45) is 11.3 Å². The summed E-state index contributed by atoms with van der Waals surface area (Å²) in [5, 5.41) is 6.46. The number of benzene rings is 2. The van der Waals surface area contributed by atoms with Crippen LogP contribution in [0.3, 0.4) is 0 Å². The number of carbonyl (C=O) groups excluding carboxylic acids is 3. The highest BCUT2D eigenvalue weighted by molar-refractivity contribution is 5.90. The number of nitrogens with one attached hydrogen (secondary N) is 2. The van der Waals surface area contributed by atoms with Crippen molar-refractivity contribution in [3.05, 3.63) is 78.1 Å². The van der Waals surface area contributed by atoms with Crippen molar-refractivity contribution in [1.82, 2.24) is 20.4 Å². The quantitative estimate of drug-likeness (QED) is 0.493. The van der Waals surface area contributed by atoms with Gasteiger partial charge >= 0.3 is 0 Å². The molecule has 0 unspecified atom stereocenters. The molecule has 4 aliphatic heterocycles. The van der Waals surface area contributed by atoms with Gasteiger partial charge in [-0.15, -0.1) is 0 Å². The van der Waals surface area contributed by atoms with E-state index in [0.717, 1.165) is 18.4 Å². The molecule has 6 rings (SSSR count). The molecular weight excluding hydrogens is 585 g/mol. The summed E-state index contributed by atoms with van der Waals surface area (Å²) in [7, 11) is 0. The third-order valence-corrected chi connectivity index (χ3v) is 10.3. The molecule has 2 aromatic carbocycles. The number of carbonyl (C=O) groups is 3. The highest BCUT2D eigenvalue weighted by Crippen LogP contribution is 2.36. The number of nitrogens with zero attached hydrogens (tertiary/aromatic N) is 3. The van der Waals surface area contributed by atoms with Crippen LogP contribution in [0.25, 0.3) is 0 Å². The number of fused-ring (bicyclic) bond motifs is 1. The molecule has 246 valence electrons. The third-order valence-electron chi connectivity index (χ3n) is 10.3. The monoisotopic (exact) mass is 631 g/mol. The number of piperidine rings is 1.